The van der Waals surface area contributed by atoms with Gasteiger partial charge in [-0.15, -0.1) is 0 Å². The second-order valence-corrected chi connectivity index (χ2v) is 10.2. The largest absolute Gasteiger partial charge is 0.473 e. The number of aliphatic hydroxyl groups excluding tert-OH is 2. The van der Waals surface area contributed by atoms with Crippen LogP contribution in [0.15, 0.2) is 0 Å². The van der Waals surface area contributed by atoms with Gasteiger partial charge < -0.3 is 51.2 Å². The first-order chi connectivity index (χ1) is 16.4. The van der Waals surface area contributed by atoms with E-state index in [1.807, 2.05) is 41.5 Å². The van der Waals surface area contributed by atoms with E-state index in [1.165, 1.54) is 0 Å². The summed E-state index contributed by atoms with van der Waals surface area (Å²) in [5.74, 6) is -3.65. The fourth-order valence-corrected chi connectivity index (χ4v) is 2.90. The molecule has 0 bridgehead atoms. The van der Waals surface area contributed by atoms with Gasteiger partial charge in [-0.25, -0.2) is 19.2 Å². The number of nitrogens with one attached hydrogen (secondary N) is 4. The number of carbonyl (C=O) groups is 4. The number of carboxylic acids is 2. The average molecular weight is 523 g/mol. The fourth-order valence-electron chi connectivity index (χ4n) is 2.90. The second-order valence-electron chi connectivity index (χ2n) is 10.2. The third-order valence-electron chi connectivity index (χ3n) is 4.48. The molecule has 2 fully saturated rings. The van der Waals surface area contributed by atoms with Gasteiger partial charge in [0, 0.05) is 13.1 Å². The molecule has 8 N–H and O–H groups in total. The van der Waals surface area contributed by atoms with Crippen LogP contribution >= 0.6 is 0 Å². The van der Waals surface area contributed by atoms with Crippen molar-refractivity contribution in [2.24, 2.45) is 0 Å². The van der Waals surface area contributed by atoms with Crippen LogP contribution in [0.1, 0.15) is 54.4 Å². The van der Waals surface area contributed by atoms with Crippen molar-refractivity contribution in [1.82, 2.24) is 21.3 Å². The van der Waals surface area contributed by atoms with E-state index in [2.05, 4.69) is 21.3 Å². The van der Waals surface area contributed by atoms with Gasteiger partial charge in [-0.05, 0) is 67.5 Å². The van der Waals surface area contributed by atoms with Gasteiger partial charge in [-0.3, -0.25) is 0 Å². The van der Waals surface area contributed by atoms with E-state index in [4.69, 9.17) is 29.3 Å². The molecule has 2 rings (SSSR count). The van der Waals surface area contributed by atoms with Gasteiger partial charge >= 0.3 is 24.1 Å². The molecule has 0 aliphatic carbocycles. The molecule has 0 aromatic carbocycles. The van der Waals surface area contributed by atoms with Gasteiger partial charge in [-0.1, -0.05) is 0 Å². The van der Waals surface area contributed by atoms with Crippen molar-refractivity contribution in [2.45, 2.75) is 89.9 Å². The molecule has 0 spiro atoms. The second kappa shape index (κ2) is 15.4. The zero-order valence-corrected chi connectivity index (χ0v) is 21.8. The van der Waals surface area contributed by atoms with E-state index in [1.54, 1.807) is 0 Å². The third kappa shape index (κ3) is 16.9. The molecule has 0 radical (unpaired) electrons. The highest BCUT2D eigenvalue weighted by Crippen LogP contribution is 2.10. The Hall–Kier alpha value is -2.68. The van der Waals surface area contributed by atoms with Gasteiger partial charge in [0.25, 0.3) is 0 Å². The van der Waals surface area contributed by atoms with E-state index in [0.29, 0.717) is 25.9 Å². The lowest BCUT2D eigenvalue weighted by molar-refractivity contribution is -0.159. The monoisotopic (exact) mass is 522 g/mol. The molecule has 2 saturated heterocycles. The lowest BCUT2D eigenvalue weighted by Crippen LogP contribution is -2.54. The first-order valence-electron chi connectivity index (χ1n) is 11.6. The highest BCUT2D eigenvalue weighted by atomic mass is 16.6. The number of hydrogen-bond donors (Lipinski definition) is 8. The minimum absolute atomic E-state index is 0.256. The molecule has 2 amide bonds. The van der Waals surface area contributed by atoms with Gasteiger partial charge in [0.1, 0.15) is 11.2 Å². The lowest BCUT2D eigenvalue weighted by Gasteiger charge is -2.30. The van der Waals surface area contributed by atoms with Crippen LogP contribution in [0.25, 0.3) is 0 Å². The fraction of sp³-hybridized carbons (Fsp3) is 0.818. The van der Waals surface area contributed by atoms with Crippen LogP contribution < -0.4 is 21.3 Å². The minimum atomic E-state index is -1.82. The van der Waals surface area contributed by atoms with E-state index in [9.17, 15) is 19.8 Å². The molecule has 4 unspecified atom stereocenters. The van der Waals surface area contributed by atoms with Crippen molar-refractivity contribution in [3.05, 3.63) is 0 Å². The van der Waals surface area contributed by atoms with Crippen LogP contribution in [-0.2, 0) is 19.1 Å². The lowest BCUT2D eigenvalue weighted by atomic mass is 10.0. The molecule has 2 aliphatic heterocycles. The Labute approximate surface area is 211 Å². The Balaban J connectivity index is 0.000000558. The van der Waals surface area contributed by atoms with Crippen LogP contribution in [0.3, 0.4) is 0 Å². The molecule has 2 aliphatic rings. The van der Waals surface area contributed by atoms with Crippen LogP contribution in [0.2, 0.25) is 0 Å². The minimum Gasteiger partial charge on any atom is -0.473 e. The van der Waals surface area contributed by atoms with Crippen molar-refractivity contribution >= 4 is 24.1 Å². The molecule has 2 heterocycles. The van der Waals surface area contributed by atoms with Crippen LogP contribution in [0.4, 0.5) is 9.59 Å². The molecule has 0 aromatic rings. The van der Waals surface area contributed by atoms with E-state index < -0.39 is 47.5 Å². The quantitative estimate of drug-likeness (QED) is 0.218. The normalized spacial score (nSPS) is 23.9. The summed E-state index contributed by atoms with van der Waals surface area (Å²) in [4.78, 5) is 41.0. The summed E-state index contributed by atoms with van der Waals surface area (Å²) < 4.78 is 10.2. The summed E-state index contributed by atoms with van der Waals surface area (Å²) in [6.45, 7) is 13.6. The van der Waals surface area contributed by atoms with Gasteiger partial charge in [0.15, 0.2) is 0 Å². The Bertz CT molecular complexity index is 661. The predicted octanol–water partition coefficient (Wildman–Crippen LogP) is -0.377. The summed E-state index contributed by atoms with van der Waals surface area (Å²) >= 11 is 0. The Kier molecular flexibility index (Phi) is 14.3. The van der Waals surface area contributed by atoms with Crippen molar-refractivity contribution in [3.8, 4) is 0 Å². The predicted molar refractivity (Wildman–Crippen MR) is 129 cm³/mol. The molecular weight excluding hydrogens is 480 g/mol. The molecule has 4 atom stereocenters. The number of hydrogen-bond acceptors (Lipinski definition) is 10. The zero-order chi connectivity index (χ0) is 28.1. The zero-order valence-electron chi connectivity index (χ0n) is 21.8. The number of carboxylic acid groups (broad SMARTS) is 2. The summed E-state index contributed by atoms with van der Waals surface area (Å²) in [5, 5.41) is 45.5. The number of piperidine rings is 2. The number of carbonyl (C=O) groups excluding carboxylic acids is 2. The van der Waals surface area contributed by atoms with Gasteiger partial charge in [0.2, 0.25) is 0 Å². The van der Waals surface area contributed by atoms with Crippen molar-refractivity contribution < 1.29 is 49.1 Å². The molecule has 210 valence electrons. The van der Waals surface area contributed by atoms with Crippen LogP contribution in [0.5, 0.6) is 0 Å². The summed E-state index contributed by atoms with van der Waals surface area (Å²) in [7, 11) is 0. The summed E-state index contributed by atoms with van der Waals surface area (Å²) in [6.07, 6.45) is -0.621. The smallest absolute Gasteiger partial charge is 0.414 e. The molecule has 14 heteroatoms. The van der Waals surface area contributed by atoms with E-state index in [0.717, 1.165) is 13.1 Å². The maximum Gasteiger partial charge on any atom is 0.414 e. The van der Waals surface area contributed by atoms with Gasteiger partial charge in [0.05, 0.1) is 24.3 Å². The van der Waals surface area contributed by atoms with Crippen LogP contribution in [0, 0.1) is 0 Å². The standard InChI is InChI=1S/2C10H20N2O3.C2H2O4/c2*1-10(2,3)15-9(14)12-7-6-11-5-4-8(7)13;3-1(4)2(5)6/h2*7-8,11,13H,4-6H2,1-3H3,(H,12,14);(H,3,4)(H,5,6). The first-order valence-corrected chi connectivity index (χ1v) is 11.6. The number of amides is 2. The first kappa shape index (κ1) is 33.3. The highest BCUT2D eigenvalue weighted by Gasteiger charge is 2.27. The van der Waals surface area contributed by atoms with Gasteiger partial charge in [-0.2, -0.15) is 0 Å². The SMILES string of the molecule is CC(C)(C)OC(=O)NC1CNCCC1O.CC(C)(C)OC(=O)NC1CNCCC1O.O=C(O)C(=O)O. The number of ether oxygens (including phenoxy) is 2. The van der Waals surface area contributed by atoms with E-state index >= 15 is 0 Å². The number of aliphatic hydroxyl groups is 2. The molecular formula is C22H42N4O10. The maximum atomic E-state index is 11.4. The topological polar surface area (TPSA) is 216 Å². The van der Waals surface area contributed by atoms with Crippen molar-refractivity contribution in [3.63, 3.8) is 0 Å². The van der Waals surface area contributed by atoms with Crippen molar-refractivity contribution in [1.29, 1.82) is 0 Å². The number of alkyl carbamates (subject to hydrolysis) is 2. The Morgan fingerprint density at radius 1 is 0.694 bits per heavy atom. The molecule has 36 heavy (non-hydrogen) atoms. The Morgan fingerprint density at radius 2 is 1.00 bits per heavy atom. The third-order valence-corrected chi connectivity index (χ3v) is 4.48. The number of aliphatic carboxylic acids is 2. The average Bonchev–Trinajstić information content (AvgIpc) is 2.69. The molecule has 0 saturated carbocycles. The van der Waals surface area contributed by atoms with Crippen molar-refractivity contribution in [2.75, 3.05) is 26.2 Å². The molecule has 0 aromatic heterocycles. The Morgan fingerprint density at radius 3 is 1.22 bits per heavy atom. The highest BCUT2D eigenvalue weighted by molar-refractivity contribution is 6.27. The molecule has 14 nitrogen and oxygen atoms in total. The summed E-state index contributed by atoms with van der Waals surface area (Å²) in [5.41, 5.74) is -1.01. The van der Waals surface area contributed by atoms with E-state index in [-0.39, 0.29) is 12.1 Å². The number of rotatable bonds is 2. The summed E-state index contributed by atoms with van der Waals surface area (Å²) in [6, 6.07) is -0.512. The van der Waals surface area contributed by atoms with Crippen LogP contribution in [-0.4, -0.2) is 106 Å². The maximum absolute atomic E-state index is 11.4.